The van der Waals surface area contributed by atoms with Crippen LogP contribution in [0.5, 0.6) is 0 Å². The molecule has 1 saturated heterocycles. The van der Waals surface area contributed by atoms with Crippen molar-refractivity contribution in [3.8, 4) is 0 Å². The molecule has 0 aromatic carbocycles. The Hall–Kier alpha value is -0.900. The summed E-state index contributed by atoms with van der Waals surface area (Å²) in [6.45, 7) is 8.36. The normalized spacial score (nSPS) is 20.3. The molecule has 166 valence electrons. The second kappa shape index (κ2) is 12.1. The Labute approximate surface area is 192 Å². The first kappa shape index (κ1) is 24.4. The molecule has 0 amide bonds. The van der Waals surface area contributed by atoms with Crippen LogP contribution in [-0.2, 0) is 6.42 Å². The highest BCUT2D eigenvalue weighted by atomic mass is 127. The van der Waals surface area contributed by atoms with E-state index in [1.54, 1.807) is 0 Å². The van der Waals surface area contributed by atoms with E-state index in [9.17, 15) is 0 Å². The minimum absolute atomic E-state index is 0. The number of aromatic nitrogens is 2. The molecule has 2 aliphatic rings. The predicted molar refractivity (Wildman–Crippen MR) is 128 cm³/mol. The van der Waals surface area contributed by atoms with Gasteiger partial charge in [0, 0.05) is 38.0 Å². The second-order valence-corrected chi connectivity index (χ2v) is 8.64. The molecule has 0 bridgehead atoms. The lowest BCUT2D eigenvalue weighted by Gasteiger charge is -2.48. The number of likely N-dealkylation sites (tertiary alicyclic amines) is 1. The highest BCUT2D eigenvalue weighted by Crippen LogP contribution is 2.35. The fourth-order valence-corrected chi connectivity index (χ4v) is 4.54. The van der Waals surface area contributed by atoms with Gasteiger partial charge >= 0.3 is 0 Å². The number of nitrogens with zero attached hydrogens (tertiary/aromatic N) is 4. The largest absolute Gasteiger partial charge is 0.356 e. The zero-order chi connectivity index (χ0) is 19.8. The zero-order valence-corrected chi connectivity index (χ0v) is 20.7. The average molecular weight is 518 g/mol. The molecule has 1 aliphatic carbocycles. The molecule has 1 saturated carbocycles. The maximum absolute atomic E-state index is 5.32. The minimum atomic E-state index is 0. The predicted octanol–water partition coefficient (Wildman–Crippen LogP) is 3.71. The number of nitrogens with one attached hydrogen (secondary N) is 2. The molecular formula is C21H39IN6O. The molecule has 2 N–H and O–H groups in total. The molecule has 8 heteroatoms. The Morgan fingerprint density at radius 3 is 2.41 bits per heavy atom. The maximum Gasteiger partial charge on any atom is 0.228 e. The Morgan fingerprint density at radius 1 is 1.10 bits per heavy atom. The van der Waals surface area contributed by atoms with E-state index in [4.69, 9.17) is 4.52 Å². The minimum Gasteiger partial charge on any atom is -0.356 e. The van der Waals surface area contributed by atoms with Gasteiger partial charge in [-0.2, -0.15) is 4.98 Å². The molecule has 3 rings (SSSR count). The standard InChI is InChI=1S/C21H38N6O.HI/c1-17(2)19-25-18(28-26-19)10-13-23-20(22-3)24-16-21(11-6-4-7-12-21)27-14-8-5-9-15-27;/h17H,4-16H2,1-3H3,(H2,22,23,24);1H. The molecule has 0 radical (unpaired) electrons. The van der Waals surface area contributed by atoms with Gasteiger partial charge in [0.15, 0.2) is 11.8 Å². The van der Waals surface area contributed by atoms with E-state index in [0.717, 1.165) is 24.9 Å². The number of hydrogen-bond donors (Lipinski definition) is 2. The van der Waals surface area contributed by atoms with Gasteiger partial charge in [-0.15, -0.1) is 24.0 Å². The summed E-state index contributed by atoms with van der Waals surface area (Å²) in [4.78, 5) is 11.6. The third-order valence-corrected chi connectivity index (χ3v) is 6.25. The van der Waals surface area contributed by atoms with Crippen LogP contribution in [0.3, 0.4) is 0 Å². The Kier molecular flexibility index (Phi) is 10.1. The summed E-state index contributed by atoms with van der Waals surface area (Å²) in [5, 5.41) is 11.1. The van der Waals surface area contributed by atoms with E-state index in [2.05, 4.69) is 44.5 Å². The number of aliphatic imine (C=N–C) groups is 1. The van der Waals surface area contributed by atoms with Crippen LogP contribution >= 0.6 is 24.0 Å². The van der Waals surface area contributed by atoms with Crippen LogP contribution in [0, 0.1) is 0 Å². The highest BCUT2D eigenvalue weighted by molar-refractivity contribution is 14.0. The zero-order valence-electron chi connectivity index (χ0n) is 18.4. The van der Waals surface area contributed by atoms with Gasteiger partial charge in [0.1, 0.15) is 0 Å². The van der Waals surface area contributed by atoms with Crippen molar-refractivity contribution in [2.24, 2.45) is 4.99 Å². The lowest BCUT2D eigenvalue weighted by molar-refractivity contribution is 0.0368. The van der Waals surface area contributed by atoms with Crippen molar-refractivity contribution in [2.75, 3.05) is 33.2 Å². The molecule has 1 aromatic heterocycles. The third kappa shape index (κ3) is 6.80. The van der Waals surface area contributed by atoms with Crippen molar-refractivity contribution in [1.82, 2.24) is 25.7 Å². The Balaban J connectivity index is 0.00000300. The van der Waals surface area contributed by atoms with Crippen LogP contribution in [0.2, 0.25) is 0 Å². The van der Waals surface area contributed by atoms with Gasteiger partial charge in [0.05, 0.1) is 0 Å². The van der Waals surface area contributed by atoms with E-state index >= 15 is 0 Å². The van der Waals surface area contributed by atoms with Gasteiger partial charge in [0.2, 0.25) is 5.89 Å². The van der Waals surface area contributed by atoms with Crippen molar-refractivity contribution in [2.45, 2.75) is 83.1 Å². The van der Waals surface area contributed by atoms with Crippen molar-refractivity contribution in [3.05, 3.63) is 11.7 Å². The molecule has 1 aliphatic heterocycles. The SMILES string of the molecule is CN=C(NCCc1nc(C(C)C)no1)NCC1(N2CCCCC2)CCCCC1.I. The summed E-state index contributed by atoms with van der Waals surface area (Å²) >= 11 is 0. The number of piperidine rings is 1. The summed E-state index contributed by atoms with van der Waals surface area (Å²) in [7, 11) is 1.84. The molecule has 2 heterocycles. The van der Waals surface area contributed by atoms with E-state index in [0.29, 0.717) is 23.8 Å². The molecule has 29 heavy (non-hydrogen) atoms. The van der Waals surface area contributed by atoms with Gasteiger partial charge in [-0.3, -0.25) is 9.89 Å². The van der Waals surface area contributed by atoms with Crippen LogP contribution in [0.1, 0.15) is 82.8 Å². The van der Waals surface area contributed by atoms with Crippen LogP contribution in [0.4, 0.5) is 0 Å². The van der Waals surface area contributed by atoms with Gasteiger partial charge in [-0.05, 0) is 38.8 Å². The van der Waals surface area contributed by atoms with E-state index < -0.39 is 0 Å². The third-order valence-electron chi connectivity index (χ3n) is 6.25. The average Bonchev–Trinajstić information content (AvgIpc) is 3.21. The molecular weight excluding hydrogens is 479 g/mol. The number of guanidine groups is 1. The molecule has 0 atom stereocenters. The quantitative estimate of drug-likeness (QED) is 0.326. The summed E-state index contributed by atoms with van der Waals surface area (Å²) in [6, 6.07) is 0. The number of rotatable bonds is 7. The maximum atomic E-state index is 5.32. The molecule has 2 fully saturated rings. The molecule has 7 nitrogen and oxygen atoms in total. The monoisotopic (exact) mass is 518 g/mol. The van der Waals surface area contributed by atoms with Crippen molar-refractivity contribution in [1.29, 1.82) is 0 Å². The smallest absolute Gasteiger partial charge is 0.228 e. The van der Waals surface area contributed by atoms with E-state index in [-0.39, 0.29) is 24.0 Å². The van der Waals surface area contributed by atoms with Crippen LogP contribution < -0.4 is 10.6 Å². The second-order valence-electron chi connectivity index (χ2n) is 8.64. The summed E-state index contributed by atoms with van der Waals surface area (Å²) in [6.07, 6.45) is 11.5. The van der Waals surface area contributed by atoms with Crippen molar-refractivity contribution in [3.63, 3.8) is 0 Å². The van der Waals surface area contributed by atoms with Gasteiger partial charge in [-0.25, -0.2) is 0 Å². The lowest BCUT2D eigenvalue weighted by Crippen LogP contribution is -2.59. The van der Waals surface area contributed by atoms with E-state index in [1.165, 1.54) is 64.5 Å². The Morgan fingerprint density at radius 2 is 1.79 bits per heavy atom. The first-order chi connectivity index (χ1) is 13.6. The highest BCUT2D eigenvalue weighted by Gasteiger charge is 2.38. The van der Waals surface area contributed by atoms with Crippen LogP contribution in [-0.4, -0.2) is 59.8 Å². The molecule has 0 spiro atoms. The number of halogens is 1. The lowest BCUT2D eigenvalue weighted by atomic mass is 9.79. The van der Waals surface area contributed by atoms with Gasteiger partial charge in [0.25, 0.3) is 0 Å². The van der Waals surface area contributed by atoms with Crippen molar-refractivity contribution < 1.29 is 4.52 Å². The first-order valence-corrected chi connectivity index (χ1v) is 11.1. The fraction of sp³-hybridized carbons (Fsp3) is 0.857. The van der Waals surface area contributed by atoms with Crippen LogP contribution in [0.25, 0.3) is 0 Å². The topological polar surface area (TPSA) is 78.6 Å². The fourth-order valence-electron chi connectivity index (χ4n) is 4.54. The van der Waals surface area contributed by atoms with Crippen molar-refractivity contribution >= 4 is 29.9 Å². The van der Waals surface area contributed by atoms with E-state index in [1.807, 2.05) is 7.05 Å². The van der Waals surface area contributed by atoms with Crippen LogP contribution in [0.15, 0.2) is 9.52 Å². The first-order valence-electron chi connectivity index (χ1n) is 11.1. The Bertz CT molecular complexity index is 620. The number of hydrogen-bond acceptors (Lipinski definition) is 5. The summed E-state index contributed by atoms with van der Waals surface area (Å²) in [5.41, 5.74) is 0.301. The molecule has 1 aromatic rings. The molecule has 0 unspecified atom stereocenters. The summed E-state index contributed by atoms with van der Waals surface area (Å²) in [5.74, 6) is 2.62. The summed E-state index contributed by atoms with van der Waals surface area (Å²) < 4.78 is 5.32. The van der Waals surface area contributed by atoms with Gasteiger partial charge in [-0.1, -0.05) is 44.7 Å². The van der Waals surface area contributed by atoms with Gasteiger partial charge < -0.3 is 15.2 Å².